The van der Waals surface area contributed by atoms with Gasteiger partial charge in [0.1, 0.15) is 5.75 Å². The van der Waals surface area contributed by atoms with Crippen molar-refractivity contribution >= 4 is 11.9 Å². The number of ketones is 1. The lowest BCUT2D eigenvalue weighted by atomic mass is 10.1. The number of carbonyl (C=O) groups excluding carboxylic acids is 1. The van der Waals surface area contributed by atoms with Gasteiger partial charge in [0.2, 0.25) is 5.78 Å². The predicted octanol–water partition coefficient (Wildman–Crippen LogP) is 3.89. The molecule has 0 aliphatic heterocycles. The van der Waals surface area contributed by atoms with Gasteiger partial charge in [-0.1, -0.05) is 42.5 Å². The first-order chi connectivity index (χ1) is 9.20. The zero-order valence-corrected chi connectivity index (χ0v) is 10.5. The van der Waals surface area contributed by atoms with Gasteiger partial charge in [-0.25, -0.2) is 4.39 Å². The Morgan fingerprint density at radius 3 is 2.26 bits per heavy atom. The quantitative estimate of drug-likeness (QED) is 0.612. The minimum atomic E-state index is -0.781. The fourth-order valence-corrected chi connectivity index (χ4v) is 1.64. The number of rotatable bonds is 4. The molecule has 0 aliphatic carbocycles. The lowest BCUT2D eigenvalue weighted by molar-refractivity contribution is 0.101. The molecule has 0 fully saturated rings. The van der Waals surface area contributed by atoms with Crippen molar-refractivity contribution in [2.75, 3.05) is 7.11 Å². The monoisotopic (exact) mass is 256 g/mol. The Bertz CT molecular complexity index is 586. The van der Waals surface area contributed by atoms with E-state index < -0.39 is 11.6 Å². The van der Waals surface area contributed by atoms with E-state index in [1.54, 1.807) is 61.7 Å². The average molecular weight is 256 g/mol. The van der Waals surface area contributed by atoms with Gasteiger partial charge in [-0.2, -0.15) is 0 Å². The van der Waals surface area contributed by atoms with Crippen LogP contribution in [0.5, 0.6) is 5.75 Å². The molecule has 0 aliphatic rings. The predicted molar refractivity (Wildman–Crippen MR) is 72.9 cm³/mol. The maximum absolute atomic E-state index is 13.8. The van der Waals surface area contributed by atoms with E-state index in [1.807, 2.05) is 0 Å². The van der Waals surface area contributed by atoms with Gasteiger partial charge >= 0.3 is 0 Å². The number of hydrogen-bond donors (Lipinski definition) is 0. The summed E-state index contributed by atoms with van der Waals surface area (Å²) in [7, 11) is 1.56. The fourth-order valence-electron chi connectivity index (χ4n) is 1.64. The van der Waals surface area contributed by atoms with Crippen LogP contribution in [0.15, 0.2) is 60.4 Å². The topological polar surface area (TPSA) is 26.3 Å². The highest BCUT2D eigenvalue weighted by Gasteiger charge is 2.11. The Balaban J connectivity index is 2.20. The maximum atomic E-state index is 13.8. The second-order valence-electron chi connectivity index (χ2n) is 3.96. The minimum Gasteiger partial charge on any atom is -0.497 e. The SMILES string of the molecule is COc1ccc(C=C(F)C(=O)c2ccccc2)cc1. The number of methoxy groups -OCH3 is 1. The molecule has 2 rings (SSSR count). The van der Waals surface area contributed by atoms with Crippen LogP contribution >= 0.6 is 0 Å². The Kier molecular flexibility index (Phi) is 4.08. The van der Waals surface area contributed by atoms with Crippen LogP contribution in [0.2, 0.25) is 0 Å². The number of hydrogen-bond acceptors (Lipinski definition) is 2. The summed E-state index contributed by atoms with van der Waals surface area (Å²) >= 11 is 0. The molecule has 2 aromatic carbocycles. The molecule has 3 heteroatoms. The first kappa shape index (κ1) is 13.0. The third kappa shape index (κ3) is 3.28. The van der Waals surface area contributed by atoms with Crippen molar-refractivity contribution in [1.82, 2.24) is 0 Å². The van der Waals surface area contributed by atoms with Crippen LogP contribution in [0, 0.1) is 0 Å². The first-order valence-corrected chi connectivity index (χ1v) is 5.81. The van der Waals surface area contributed by atoms with E-state index in [-0.39, 0.29) is 0 Å². The van der Waals surface area contributed by atoms with E-state index >= 15 is 0 Å². The highest BCUT2D eigenvalue weighted by Crippen LogP contribution is 2.16. The Morgan fingerprint density at radius 1 is 1.05 bits per heavy atom. The number of benzene rings is 2. The molecule has 0 N–H and O–H groups in total. The van der Waals surface area contributed by atoms with Gasteiger partial charge in [-0.15, -0.1) is 0 Å². The molecule has 0 aromatic heterocycles. The molecule has 2 aromatic rings. The molecule has 96 valence electrons. The van der Waals surface area contributed by atoms with Crippen molar-refractivity contribution in [1.29, 1.82) is 0 Å². The number of allylic oxidation sites excluding steroid dienone is 1. The molecule has 0 atom stereocenters. The summed E-state index contributed by atoms with van der Waals surface area (Å²) < 4.78 is 18.8. The second kappa shape index (κ2) is 5.96. The third-order valence-corrected chi connectivity index (χ3v) is 2.66. The summed E-state index contributed by atoms with van der Waals surface area (Å²) in [6, 6.07) is 15.2. The Hall–Kier alpha value is -2.42. The minimum absolute atomic E-state index is 0.338. The molecule has 0 unspecified atom stereocenters. The molecule has 0 radical (unpaired) electrons. The van der Waals surface area contributed by atoms with Gasteiger partial charge in [0.25, 0.3) is 0 Å². The van der Waals surface area contributed by atoms with E-state index in [1.165, 1.54) is 6.08 Å². The molecular formula is C16H13FO2. The van der Waals surface area contributed by atoms with Crippen LogP contribution in [0.25, 0.3) is 6.08 Å². The largest absolute Gasteiger partial charge is 0.497 e. The van der Waals surface area contributed by atoms with Gasteiger partial charge in [-0.3, -0.25) is 4.79 Å². The van der Waals surface area contributed by atoms with Gasteiger partial charge in [-0.05, 0) is 23.8 Å². The molecular weight excluding hydrogens is 243 g/mol. The van der Waals surface area contributed by atoms with Crippen LogP contribution in [-0.2, 0) is 0 Å². The van der Waals surface area contributed by atoms with Crippen molar-refractivity contribution in [3.8, 4) is 5.75 Å². The summed E-state index contributed by atoms with van der Waals surface area (Å²) in [6.07, 6.45) is 1.22. The second-order valence-corrected chi connectivity index (χ2v) is 3.96. The van der Waals surface area contributed by atoms with Crippen LogP contribution in [-0.4, -0.2) is 12.9 Å². The number of halogens is 1. The summed E-state index contributed by atoms with van der Waals surface area (Å²) in [5.74, 6) is -0.709. The third-order valence-electron chi connectivity index (χ3n) is 2.66. The fraction of sp³-hybridized carbons (Fsp3) is 0.0625. The molecule has 19 heavy (non-hydrogen) atoms. The van der Waals surface area contributed by atoms with E-state index in [2.05, 4.69) is 0 Å². The maximum Gasteiger partial charge on any atom is 0.221 e. The van der Waals surface area contributed by atoms with E-state index in [9.17, 15) is 9.18 Å². The van der Waals surface area contributed by atoms with Gasteiger partial charge in [0.05, 0.1) is 7.11 Å². The first-order valence-electron chi connectivity index (χ1n) is 5.81. The van der Waals surface area contributed by atoms with Crippen molar-refractivity contribution in [2.24, 2.45) is 0 Å². The summed E-state index contributed by atoms with van der Waals surface area (Å²) in [5.41, 5.74) is 0.951. The highest BCUT2D eigenvalue weighted by molar-refractivity contribution is 6.09. The lowest BCUT2D eigenvalue weighted by Crippen LogP contribution is -1.98. The Morgan fingerprint density at radius 2 is 1.68 bits per heavy atom. The van der Waals surface area contributed by atoms with Crippen LogP contribution in [0.1, 0.15) is 15.9 Å². The summed E-state index contributed by atoms with van der Waals surface area (Å²) in [5, 5.41) is 0. The van der Waals surface area contributed by atoms with Gasteiger partial charge in [0.15, 0.2) is 5.83 Å². The molecule has 0 spiro atoms. The van der Waals surface area contributed by atoms with Crippen molar-refractivity contribution < 1.29 is 13.9 Å². The van der Waals surface area contributed by atoms with E-state index in [0.717, 1.165) is 0 Å². The zero-order chi connectivity index (χ0) is 13.7. The number of Topliss-reactive ketones (excluding diaryl/α,β-unsaturated/α-hetero) is 1. The van der Waals surface area contributed by atoms with Gasteiger partial charge in [0, 0.05) is 5.56 Å². The summed E-state index contributed by atoms with van der Waals surface area (Å²) in [6.45, 7) is 0. The van der Waals surface area contributed by atoms with Crippen molar-refractivity contribution in [3.63, 3.8) is 0 Å². The van der Waals surface area contributed by atoms with E-state index in [0.29, 0.717) is 16.9 Å². The molecule has 2 nitrogen and oxygen atoms in total. The normalized spacial score (nSPS) is 11.2. The molecule has 0 bridgehead atoms. The highest BCUT2D eigenvalue weighted by atomic mass is 19.1. The number of carbonyl (C=O) groups is 1. The van der Waals surface area contributed by atoms with Crippen LogP contribution < -0.4 is 4.74 Å². The van der Waals surface area contributed by atoms with E-state index in [4.69, 9.17) is 4.74 Å². The smallest absolute Gasteiger partial charge is 0.221 e. The standard InChI is InChI=1S/C16H13FO2/c1-19-14-9-7-12(8-10-14)11-15(17)16(18)13-5-3-2-4-6-13/h2-11H,1H3. The van der Waals surface area contributed by atoms with Crippen LogP contribution in [0.4, 0.5) is 4.39 Å². The van der Waals surface area contributed by atoms with Gasteiger partial charge < -0.3 is 4.74 Å². The molecule has 0 heterocycles. The zero-order valence-electron chi connectivity index (χ0n) is 10.5. The lowest BCUT2D eigenvalue weighted by Gasteiger charge is -2.00. The number of ether oxygens (including phenoxy) is 1. The van der Waals surface area contributed by atoms with Crippen LogP contribution in [0.3, 0.4) is 0 Å². The average Bonchev–Trinajstić information content (AvgIpc) is 2.48. The Labute approximate surface area is 111 Å². The summed E-state index contributed by atoms with van der Waals surface area (Å²) in [4.78, 5) is 11.8. The molecule has 0 saturated heterocycles. The van der Waals surface area contributed by atoms with Crippen molar-refractivity contribution in [2.45, 2.75) is 0 Å². The molecule has 0 saturated carbocycles. The van der Waals surface area contributed by atoms with Crippen molar-refractivity contribution in [3.05, 3.63) is 71.6 Å². The molecule has 0 amide bonds.